The van der Waals surface area contributed by atoms with E-state index in [9.17, 15) is 0 Å². The van der Waals surface area contributed by atoms with Crippen molar-refractivity contribution in [3.63, 3.8) is 0 Å². The summed E-state index contributed by atoms with van der Waals surface area (Å²) >= 11 is 0. The second-order valence-electron chi connectivity index (χ2n) is 6.69. The van der Waals surface area contributed by atoms with E-state index in [0.717, 1.165) is 43.8 Å². The molecule has 0 radical (unpaired) electrons. The average molecular weight is 329 g/mol. The summed E-state index contributed by atoms with van der Waals surface area (Å²) in [5, 5.41) is 4.02. The quantitative estimate of drug-likeness (QED) is 0.764. The summed E-state index contributed by atoms with van der Waals surface area (Å²) in [4.78, 5) is 2.39. The van der Waals surface area contributed by atoms with Crippen LogP contribution in [0.15, 0.2) is 22.7 Å². The van der Waals surface area contributed by atoms with Crippen molar-refractivity contribution in [1.82, 2.24) is 5.16 Å². The van der Waals surface area contributed by atoms with Crippen molar-refractivity contribution in [1.29, 1.82) is 0 Å². The van der Waals surface area contributed by atoms with Gasteiger partial charge in [0.1, 0.15) is 0 Å². The first-order valence-electron chi connectivity index (χ1n) is 9.02. The van der Waals surface area contributed by atoms with Gasteiger partial charge in [0.25, 0.3) is 0 Å². The van der Waals surface area contributed by atoms with Crippen LogP contribution in [0.3, 0.4) is 0 Å². The maximum atomic E-state index is 6.22. The smallest absolute Gasteiger partial charge is 0.156 e. The van der Waals surface area contributed by atoms with E-state index in [1.54, 1.807) is 0 Å². The largest absolute Gasteiger partial charge is 0.364 e. The Bertz CT molecular complexity index is 661. The standard InChI is InChI=1S/C20H31N3O/c1-6-8-9-23(13-18-11-15(4)22-24-18)20-12-19(16(5)21)17(7-2)10-14(20)3/h10-12,16H,6-9,13,21H2,1-5H3. The number of rotatable bonds is 8. The van der Waals surface area contributed by atoms with Crippen LogP contribution in [-0.2, 0) is 13.0 Å². The van der Waals surface area contributed by atoms with Crippen LogP contribution in [0.4, 0.5) is 5.69 Å². The van der Waals surface area contributed by atoms with Crippen LogP contribution in [0.25, 0.3) is 0 Å². The number of nitrogens with zero attached hydrogens (tertiary/aromatic N) is 2. The molecule has 24 heavy (non-hydrogen) atoms. The Morgan fingerprint density at radius 1 is 1.21 bits per heavy atom. The maximum Gasteiger partial charge on any atom is 0.156 e. The Morgan fingerprint density at radius 2 is 1.96 bits per heavy atom. The van der Waals surface area contributed by atoms with Gasteiger partial charge in [0.05, 0.1) is 12.2 Å². The second-order valence-corrected chi connectivity index (χ2v) is 6.69. The van der Waals surface area contributed by atoms with Crippen molar-refractivity contribution < 1.29 is 4.52 Å². The number of hydrogen-bond donors (Lipinski definition) is 1. The first-order valence-corrected chi connectivity index (χ1v) is 9.02. The average Bonchev–Trinajstić information content (AvgIpc) is 2.96. The molecule has 2 rings (SSSR count). The molecule has 1 aromatic heterocycles. The lowest BCUT2D eigenvalue weighted by atomic mass is 9.96. The van der Waals surface area contributed by atoms with Gasteiger partial charge in [-0.05, 0) is 56.4 Å². The number of hydrogen-bond acceptors (Lipinski definition) is 4. The molecular formula is C20H31N3O. The number of unbranched alkanes of at least 4 members (excludes halogenated alkanes) is 1. The predicted octanol–water partition coefficient (Wildman–Crippen LogP) is 4.68. The molecule has 0 bridgehead atoms. The van der Waals surface area contributed by atoms with Crippen molar-refractivity contribution in [2.45, 2.75) is 66.5 Å². The van der Waals surface area contributed by atoms with Gasteiger partial charge < -0.3 is 15.2 Å². The Hall–Kier alpha value is -1.81. The Kier molecular flexibility index (Phi) is 6.44. The van der Waals surface area contributed by atoms with E-state index in [-0.39, 0.29) is 6.04 Å². The van der Waals surface area contributed by atoms with E-state index >= 15 is 0 Å². The molecule has 4 nitrogen and oxygen atoms in total. The number of aryl methyl sites for hydroxylation is 3. The molecule has 0 aliphatic rings. The summed E-state index contributed by atoms with van der Waals surface area (Å²) < 4.78 is 5.44. The van der Waals surface area contributed by atoms with Crippen LogP contribution in [0, 0.1) is 13.8 Å². The fraction of sp³-hybridized carbons (Fsp3) is 0.550. The van der Waals surface area contributed by atoms with Gasteiger partial charge in [-0.1, -0.05) is 31.5 Å². The van der Waals surface area contributed by atoms with Crippen molar-refractivity contribution in [3.05, 3.63) is 46.3 Å². The highest BCUT2D eigenvalue weighted by molar-refractivity contribution is 5.58. The van der Waals surface area contributed by atoms with Crippen molar-refractivity contribution in [2.75, 3.05) is 11.4 Å². The highest BCUT2D eigenvalue weighted by atomic mass is 16.5. The van der Waals surface area contributed by atoms with Crippen LogP contribution in [0.1, 0.15) is 67.8 Å². The van der Waals surface area contributed by atoms with Crippen LogP contribution in [-0.4, -0.2) is 11.7 Å². The molecule has 1 heterocycles. The summed E-state index contributed by atoms with van der Waals surface area (Å²) in [6, 6.07) is 6.62. The van der Waals surface area contributed by atoms with Gasteiger partial charge in [-0.25, -0.2) is 0 Å². The maximum absolute atomic E-state index is 6.22. The topological polar surface area (TPSA) is 55.3 Å². The zero-order valence-corrected chi connectivity index (χ0v) is 15.7. The second kappa shape index (κ2) is 8.34. The molecule has 0 saturated heterocycles. The van der Waals surface area contributed by atoms with Crippen molar-refractivity contribution >= 4 is 5.69 Å². The number of anilines is 1. The van der Waals surface area contributed by atoms with E-state index < -0.39 is 0 Å². The predicted molar refractivity (Wildman–Crippen MR) is 100 cm³/mol. The third-order valence-corrected chi connectivity index (χ3v) is 4.47. The molecule has 0 fully saturated rings. The summed E-state index contributed by atoms with van der Waals surface area (Å²) in [6.45, 7) is 12.4. The van der Waals surface area contributed by atoms with Gasteiger partial charge in [-0.15, -0.1) is 0 Å². The molecule has 0 saturated carbocycles. The first kappa shape index (κ1) is 18.5. The molecular weight excluding hydrogens is 298 g/mol. The lowest BCUT2D eigenvalue weighted by Crippen LogP contribution is -2.25. The summed E-state index contributed by atoms with van der Waals surface area (Å²) in [7, 11) is 0. The number of nitrogens with two attached hydrogens (primary N) is 1. The van der Waals surface area contributed by atoms with E-state index in [1.165, 1.54) is 22.4 Å². The van der Waals surface area contributed by atoms with Gasteiger partial charge >= 0.3 is 0 Å². The Labute approximate surface area is 146 Å². The highest BCUT2D eigenvalue weighted by Crippen LogP contribution is 2.29. The van der Waals surface area contributed by atoms with Crippen LogP contribution in [0.2, 0.25) is 0 Å². The van der Waals surface area contributed by atoms with Gasteiger partial charge in [0.2, 0.25) is 0 Å². The minimum atomic E-state index is 0.0415. The molecule has 1 atom stereocenters. The van der Waals surface area contributed by atoms with Crippen LogP contribution < -0.4 is 10.6 Å². The third-order valence-electron chi connectivity index (χ3n) is 4.47. The zero-order valence-electron chi connectivity index (χ0n) is 15.7. The van der Waals surface area contributed by atoms with Crippen LogP contribution in [0.5, 0.6) is 0 Å². The number of aromatic nitrogens is 1. The van der Waals surface area contributed by atoms with E-state index in [4.69, 9.17) is 10.3 Å². The molecule has 1 aromatic carbocycles. The molecule has 0 aliphatic carbocycles. The fourth-order valence-electron chi connectivity index (χ4n) is 3.16. The third kappa shape index (κ3) is 4.38. The van der Waals surface area contributed by atoms with Gasteiger partial charge in [0.15, 0.2) is 5.76 Å². The van der Waals surface area contributed by atoms with E-state index in [0.29, 0.717) is 0 Å². The van der Waals surface area contributed by atoms with Gasteiger partial charge in [-0.3, -0.25) is 0 Å². The Morgan fingerprint density at radius 3 is 2.50 bits per heavy atom. The lowest BCUT2D eigenvalue weighted by molar-refractivity contribution is 0.377. The Balaban J connectivity index is 2.38. The lowest BCUT2D eigenvalue weighted by Gasteiger charge is -2.27. The first-order chi connectivity index (χ1) is 11.5. The van der Waals surface area contributed by atoms with Gasteiger partial charge in [-0.2, -0.15) is 0 Å². The molecule has 2 aromatic rings. The van der Waals surface area contributed by atoms with Gasteiger partial charge in [0, 0.05) is 24.3 Å². The summed E-state index contributed by atoms with van der Waals surface area (Å²) in [5.41, 5.74) is 12.3. The van der Waals surface area contributed by atoms with E-state index in [1.807, 2.05) is 13.0 Å². The molecule has 4 heteroatoms. The molecule has 2 N–H and O–H groups in total. The molecule has 0 amide bonds. The monoisotopic (exact) mass is 329 g/mol. The fourth-order valence-corrected chi connectivity index (χ4v) is 3.16. The molecule has 1 unspecified atom stereocenters. The highest BCUT2D eigenvalue weighted by Gasteiger charge is 2.16. The minimum Gasteiger partial charge on any atom is -0.364 e. The zero-order chi connectivity index (χ0) is 17.7. The van der Waals surface area contributed by atoms with Crippen molar-refractivity contribution in [3.8, 4) is 0 Å². The molecule has 0 aliphatic heterocycles. The normalized spacial score (nSPS) is 12.4. The van der Waals surface area contributed by atoms with Crippen molar-refractivity contribution in [2.24, 2.45) is 5.73 Å². The van der Waals surface area contributed by atoms with E-state index in [2.05, 4.69) is 49.9 Å². The SMILES string of the molecule is CCCCN(Cc1cc(C)no1)c1cc(C(C)N)c(CC)cc1C. The van der Waals surface area contributed by atoms with Crippen LogP contribution >= 0.6 is 0 Å². The minimum absolute atomic E-state index is 0.0415. The molecule has 132 valence electrons. The summed E-state index contributed by atoms with van der Waals surface area (Å²) in [6.07, 6.45) is 3.32. The summed E-state index contributed by atoms with van der Waals surface area (Å²) in [5.74, 6) is 0.907. The molecule has 0 spiro atoms. The number of benzene rings is 1.